The van der Waals surface area contributed by atoms with E-state index in [-0.39, 0.29) is 12.4 Å². The summed E-state index contributed by atoms with van der Waals surface area (Å²) in [5.41, 5.74) is 5.15. The number of nitrogens with two attached hydrogens (primary N) is 1. The van der Waals surface area contributed by atoms with Gasteiger partial charge in [0.1, 0.15) is 11.5 Å². The molecule has 0 radical (unpaired) electrons. The zero-order chi connectivity index (χ0) is 22.2. The van der Waals surface area contributed by atoms with Gasteiger partial charge < -0.3 is 25.0 Å². The highest BCUT2D eigenvalue weighted by molar-refractivity contribution is 7.46. The number of benzene rings is 1. The molecule has 1 unspecified atom stereocenters. The number of phosphoric ester groups is 1. The Morgan fingerprint density at radius 3 is 2.47 bits per heavy atom. The molecule has 0 aliphatic heterocycles. The summed E-state index contributed by atoms with van der Waals surface area (Å²) in [4.78, 5) is 31.6. The fourth-order valence-corrected chi connectivity index (χ4v) is 4.03. The number of aryl methyl sites for hydroxylation is 1. The molecule has 8 nitrogen and oxygen atoms in total. The van der Waals surface area contributed by atoms with Crippen molar-refractivity contribution >= 4 is 24.9 Å². The summed E-state index contributed by atoms with van der Waals surface area (Å²) in [6, 6.07) is 11.0. The first-order chi connectivity index (χ1) is 14.1. The first-order valence-corrected chi connectivity index (χ1v) is 11.8. The van der Waals surface area contributed by atoms with Gasteiger partial charge in [-0.25, -0.2) is 4.57 Å². The van der Waals surface area contributed by atoms with Crippen molar-refractivity contribution in [2.45, 2.75) is 38.1 Å². The van der Waals surface area contributed by atoms with Gasteiger partial charge in [0.15, 0.2) is 5.78 Å². The molecule has 0 saturated heterocycles. The maximum absolute atomic E-state index is 12.4. The Bertz CT molecular complexity index is 860. The van der Waals surface area contributed by atoms with E-state index >= 15 is 0 Å². The van der Waals surface area contributed by atoms with E-state index in [0.717, 1.165) is 16.4 Å². The minimum Gasteiger partial charge on any atom is -0.497 e. The van der Waals surface area contributed by atoms with Crippen LogP contribution in [0.5, 0.6) is 11.5 Å². The SMILES string of the molecule is COc1ccc(OCCCC(=O)c2ccc(CCC(C)(N)COP(=O)(O)O)s2)cc1. The van der Waals surface area contributed by atoms with Gasteiger partial charge in [0.05, 0.1) is 25.2 Å². The number of carbonyl (C=O) groups excluding carboxylic acids is 1. The number of carbonyl (C=O) groups is 1. The molecule has 0 amide bonds. The summed E-state index contributed by atoms with van der Waals surface area (Å²) in [5.74, 6) is 1.55. The lowest BCUT2D eigenvalue weighted by molar-refractivity contribution is 0.0977. The molecule has 30 heavy (non-hydrogen) atoms. The standard InChI is InChI=1S/C20H28NO7PS/c1-20(21,14-28-29(23,24)25)12-11-17-9-10-19(30-17)18(22)4-3-13-27-16-7-5-15(26-2)6-8-16/h5-10H,3-4,11-14,21H2,1-2H3,(H2,23,24,25). The molecule has 2 aromatic rings. The van der Waals surface area contributed by atoms with Crippen molar-refractivity contribution in [3.63, 3.8) is 0 Å². The Balaban J connectivity index is 1.72. The van der Waals surface area contributed by atoms with Crippen LogP contribution in [0.4, 0.5) is 0 Å². The van der Waals surface area contributed by atoms with E-state index in [2.05, 4.69) is 4.52 Å². The number of ether oxygens (including phenoxy) is 2. The average Bonchev–Trinajstić information content (AvgIpc) is 3.17. The molecule has 1 aromatic carbocycles. The normalized spacial score (nSPS) is 13.6. The van der Waals surface area contributed by atoms with Crippen LogP contribution >= 0.6 is 19.2 Å². The second-order valence-corrected chi connectivity index (χ2v) is 9.64. The van der Waals surface area contributed by atoms with Gasteiger partial charge in [0.25, 0.3) is 0 Å². The molecular weight excluding hydrogens is 429 g/mol. The van der Waals surface area contributed by atoms with Crippen molar-refractivity contribution in [2.24, 2.45) is 5.73 Å². The van der Waals surface area contributed by atoms with Gasteiger partial charge in [-0.1, -0.05) is 0 Å². The molecule has 4 N–H and O–H groups in total. The van der Waals surface area contributed by atoms with Crippen molar-refractivity contribution in [1.82, 2.24) is 0 Å². The Kier molecular flexibility index (Phi) is 9.03. The van der Waals surface area contributed by atoms with E-state index in [0.29, 0.717) is 37.2 Å². The number of thiophene rings is 1. The minimum absolute atomic E-state index is 0.0601. The third-order valence-electron chi connectivity index (χ3n) is 4.32. The highest BCUT2D eigenvalue weighted by Gasteiger charge is 2.24. The van der Waals surface area contributed by atoms with E-state index in [1.54, 1.807) is 20.1 Å². The molecule has 0 aliphatic carbocycles. The maximum Gasteiger partial charge on any atom is 0.469 e. The predicted octanol–water partition coefficient (Wildman–Crippen LogP) is 3.56. The van der Waals surface area contributed by atoms with E-state index in [1.165, 1.54) is 11.3 Å². The van der Waals surface area contributed by atoms with Crippen molar-refractivity contribution < 1.29 is 33.1 Å². The lowest BCUT2D eigenvalue weighted by Crippen LogP contribution is -2.41. The number of hydrogen-bond acceptors (Lipinski definition) is 7. The summed E-state index contributed by atoms with van der Waals surface area (Å²) in [5, 5.41) is 0. The second-order valence-electron chi connectivity index (χ2n) is 7.23. The van der Waals surface area contributed by atoms with Crippen LogP contribution in [0, 0.1) is 0 Å². The summed E-state index contributed by atoms with van der Waals surface area (Å²) in [6.45, 7) is 1.87. The molecule has 0 saturated carbocycles. The molecule has 2 rings (SSSR count). The molecule has 1 heterocycles. The zero-order valence-corrected chi connectivity index (χ0v) is 18.8. The third-order valence-corrected chi connectivity index (χ3v) is 5.97. The first-order valence-electron chi connectivity index (χ1n) is 9.46. The fourth-order valence-electron chi connectivity index (χ4n) is 2.59. The van der Waals surface area contributed by atoms with Gasteiger partial charge >= 0.3 is 7.82 Å². The van der Waals surface area contributed by atoms with Gasteiger partial charge in [-0.3, -0.25) is 9.32 Å². The number of phosphoric acid groups is 1. The lowest BCUT2D eigenvalue weighted by atomic mass is 9.98. The average molecular weight is 457 g/mol. The quantitative estimate of drug-likeness (QED) is 0.237. The fraction of sp³-hybridized carbons (Fsp3) is 0.450. The van der Waals surface area contributed by atoms with E-state index in [1.807, 2.05) is 30.3 Å². The molecule has 0 aliphatic rings. The Hall–Kier alpha value is -1.74. The van der Waals surface area contributed by atoms with Crippen LogP contribution < -0.4 is 15.2 Å². The van der Waals surface area contributed by atoms with E-state index < -0.39 is 13.4 Å². The molecule has 0 spiro atoms. The Morgan fingerprint density at radius 2 is 1.83 bits per heavy atom. The predicted molar refractivity (Wildman–Crippen MR) is 115 cm³/mol. The van der Waals surface area contributed by atoms with E-state index in [4.69, 9.17) is 25.0 Å². The van der Waals surface area contributed by atoms with Crippen molar-refractivity contribution in [3.05, 3.63) is 46.2 Å². The summed E-state index contributed by atoms with van der Waals surface area (Å²) in [6.07, 6.45) is 2.06. The molecule has 0 fully saturated rings. The molecule has 10 heteroatoms. The van der Waals surface area contributed by atoms with Gasteiger partial charge in [0, 0.05) is 16.8 Å². The molecular formula is C20H28NO7PS. The van der Waals surface area contributed by atoms with Crippen molar-refractivity contribution in [2.75, 3.05) is 20.3 Å². The zero-order valence-electron chi connectivity index (χ0n) is 17.1. The number of rotatable bonds is 13. The number of methoxy groups -OCH3 is 1. The van der Waals surface area contributed by atoms with Crippen LogP contribution in [0.1, 0.15) is 40.7 Å². The minimum atomic E-state index is -4.54. The van der Waals surface area contributed by atoms with Crippen LogP contribution in [-0.2, 0) is 15.5 Å². The Labute approximate surface area is 180 Å². The highest BCUT2D eigenvalue weighted by atomic mass is 32.1. The van der Waals surface area contributed by atoms with E-state index in [9.17, 15) is 9.36 Å². The third kappa shape index (κ3) is 8.95. The van der Waals surface area contributed by atoms with Crippen LogP contribution in [0.2, 0.25) is 0 Å². The number of Topliss-reactive ketones (excluding diaryl/α,β-unsaturated/α-hetero) is 1. The van der Waals surface area contributed by atoms with Crippen LogP contribution in [0.3, 0.4) is 0 Å². The Morgan fingerprint density at radius 1 is 1.17 bits per heavy atom. The largest absolute Gasteiger partial charge is 0.497 e. The molecule has 0 bridgehead atoms. The lowest BCUT2D eigenvalue weighted by Gasteiger charge is -2.24. The number of ketones is 1. The topological polar surface area (TPSA) is 128 Å². The van der Waals surface area contributed by atoms with Crippen molar-refractivity contribution in [1.29, 1.82) is 0 Å². The summed E-state index contributed by atoms with van der Waals surface area (Å²) in [7, 11) is -2.94. The van der Waals surface area contributed by atoms with Crippen LogP contribution in [0.15, 0.2) is 36.4 Å². The second kappa shape index (κ2) is 11.0. The van der Waals surface area contributed by atoms with Crippen LogP contribution in [0.25, 0.3) is 0 Å². The van der Waals surface area contributed by atoms with Crippen LogP contribution in [-0.4, -0.2) is 41.4 Å². The van der Waals surface area contributed by atoms with Gasteiger partial charge in [0.2, 0.25) is 0 Å². The van der Waals surface area contributed by atoms with Gasteiger partial charge in [-0.05, 0) is 62.6 Å². The number of hydrogen-bond donors (Lipinski definition) is 3. The maximum atomic E-state index is 12.4. The highest BCUT2D eigenvalue weighted by Crippen LogP contribution is 2.37. The first kappa shape index (κ1) is 24.5. The molecule has 1 aromatic heterocycles. The molecule has 166 valence electrons. The summed E-state index contributed by atoms with van der Waals surface area (Å²) >= 11 is 1.41. The van der Waals surface area contributed by atoms with Gasteiger partial charge in [-0.2, -0.15) is 0 Å². The van der Waals surface area contributed by atoms with Gasteiger partial charge in [-0.15, -0.1) is 11.3 Å². The smallest absolute Gasteiger partial charge is 0.469 e. The molecule has 1 atom stereocenters. The summed E-state index contributed by atoms with van der Waals surface area (Å²) < 4.78 is 26.0. The van der Waals surface area contributed by atoms with Crippen molar-refractivity contribution in [3.8, 4) is 11.5 Å². The monoisotopic (exact) mass is 457 g/mol.